The monoisotopic (exact) mass is 299 g/mol. The zero-order chi connectivity index (χ0) is 16.1. The lowest BCUT2D eigenvalue weighted by atomic mass is 9.96. The largest absolute Gasteiger partial charge is 0.481 e. The summed E-state index contributed by atoms with van der Waals surface area (Å²) in [7, 11) is 0. The van der Waals surface area contributed by atoms with Crippen LogP contribution in [-0.2, 0) is 9.59 Å². The van der Waals surface area contributed by atoms with Crippen molar-refractivity contribution in [3.63, 3.8) is 0 Å². The fourth-order valence-electron chi connectivity index (χ4n) is 2.47. The number of carbonyl (C=O) groups excluding carboxylic acids is 1. The van der Waals surface area contributed by atoms with E-state index < -0.39 is 12.0 Å². The molecule has 0 saturated carbocycles. The van der Waals surface area contributed by atoms with Crippen molar-refractivity contribution in [1.29, 1.82) is 0 Å². The molecule has 1 amide bonds. The number of benzene rings is 2. The van der Waals surface area contributed by atoms with Gasteiger partial charge in [0.05, 0.1) is 12.5 Å². The van der Waals surface area contributed by atoms with E-state index in [1.54, 1.807) is 0 Å². The van der Waals surface area contributed by atoms with Crippen LogP contribution in [0.3, 0.4) is 0 Å². The highest BCUT2D eigenvalue weighted by atomic mass is 16.4. The van der Waals surface area contributed by atoms with Crippen molar-refractivity contribution in [1.82, 2.24) is 5.32 Å². The maximum atomic E-state index is 12.2. The highest BCUT2D eigenvalue weighted by Crippen LogP contribution is 2.26. The van der Waals surface area contributed by atoms with E-state index in [1.807, 2.05) is 56.3 Å². The Balaban J connectivity index is 2.39. The number of carboxylic acid groups (broad SMARTS) is 1. The highest BCUT2D eigenvalue weighted by Gasteiger charge is 2.22. The molecule has 2 aromatic rings. The average Bonchev–Trinajstić information content (AvgIpc) is 2.52. The van der Waals surface area contributed by atoms with Crippen molar-refractivity contribution in [3.8, 4) is 0 Å². The van der Waals surface area contributed by atoms with E-state index in [-0.39, 0.29) is 18.2 Å². The number of carbonyl (C=O) groups is 2. The summed E-state index contributed by atoms with van der Waals surface area (Å²) in [6.45, 7) is 3.78. The molecule has 4 nitrogen and oxygen atoms in total. The standard InChI is InChI=1S/C18H21NO3/c1-3-12(2)18(22)19-16(11-17(20)21)15-10-6-8-13-7-4-5-9-14(13)15/h4-10,12,16H,3,11H2,1-2H3,(H,19,22)(H,20,21)/t12?,16-/m1/s1. The summed E-state index contributed by atoms with van der Waals surface area (Å²) in [5.74, 6) is -1.17. The Morgan fingerprint density at radius 2 is 1.82 bits per heavy atom. The molecule has 0 aliphatic rings. The summed E-state index contributed by atoms with van der Waals surface area (Å²) in [4.78, 5) is 23.4. The van der Waals surface area contributed by atoms with Crippen LogP contribution < -0.4 is 5.32 Å². The molecule has 2 aromatic carbocycles. The summed E-state index contributed by atoms with van der Waals surface area (Å²) in [6.07, 6.45) is 0.595. The molecule has 0 heterocycles. The summed E-state index contributed by atoms with van der Waals surface area (Å²) in [6, 6.07) is 13.0. The number of hydrogen-bond donors (Lipinski definition) is 2. The molecule has 0 bridgehead atoms. The van der Waals surface area contributed by atoms with Crippen LogP contribution in [0, 0.1) is 5.92 Å². The maximum absolute atomic E-state index is 12.2. The van der Waals surface area contributed by atoms with Gasteiger partial charge in [-0.05, 0) is 22.8 Å². The van der Waals surface area contributed by atoms with Crippen molar-refractivity contribution in [3.05, 3.63) is 48.0 Å². The molecule has 0 saturated heterocycles. The van der Waals surface area contributed by atoms with Gasteiger partial charge in [0.1, 0.15) is 0 Å². The van der Waals surface area contributed by atoms with Crippen LogP contribution in [0.25, 0.3) is 10.8 Å². The molecule has 0 spiro atoms. The van der Waals surface area contributed by atoms with E-state index >= 15 is 0 Å². The SMILES string of the molecule is CCC(C)C(=O)N[C@H](CC(=O)O)c1cccc2ccccc12. The van der Waals surface area contributed by atoms with E-state index in [2.05, 4.69) is 5.32 Å². The second kappa shape index (κ2) is 7.07. The van der Waals surface area contributed by atoms with Gasteiger partial charge >= 0.3 is 5.97 Å². The number of fused-ring (bicyclic) bond motifs is 1. The Morgan fingerprint density at radius 1 is 1.14 bits per heavy atom. The average molecular weight is 299 g/mol. The fraction of sp³-hybridized carbons (Fsp3) is 0.333. The molecular weight excluding hydrogens is 278 g/mol. The quantitative estimate of drug-likeness (QED) is 0.857. The predicted octanol–water partition coefficient (Wildman–Crippen LogP) is 3.52. The smallest absolute Gasteiger partial charge is 0.305 e. The zero-order valence-electron chi connectivity index (χ0n) is 12.9. The maximum Gasteiger partial charge on any atom is 0.305 e. The fourth-order valence-corrected chi connectivity index (χ4v) is 2.47. The molecule has 0 aromatic heterocycles. The first-order chi connectivity index (χ1) is 10.5. The lowest BCUT2D eigenvalue weighted by molar-refractivity contribution is -0.137. The predicted molar refractivity (Wildman–Crippen MR) is 86.5 cm³/mol. The number of aliphatic carboxylic acids is 1. The van der Waals surface area contributed by atoms with Crippen LogP contribution >= 0.6 is 0 Å². The van der Waals surface area contributed by atoms with Crippen LogP contribution in [-0.4, -0.2) is 17.0 Å². The number of nitrogens with one attached hydrogen (secondary N) is 1. The number of hydrogen-bond acceptors (Lipinski definition) is 2. The van der Waals surface area contributed by atoms with Crippen molar-refractivity contribution >= 4 is 22.6 Å². The molecule has 0 fully saturated rings. The summed E-state index contributed by atoms with van der Waals surface area (Å²) < 4.78 is 0. The van der Waals surface area contributed by atoms with Crippen LogP contribution in [0.4, 0.5) is 0 Å². The first-order valence-corrected chi connectivity index (χ1v) is 7.52. The van der Waals surface area contributed by atoms with E-state index in [1.165, 1.54) is 0 Å². The third kappa shape index (κ3) is 3.64. The first-order valence-electron chi connectivity index (χ1n) is 7.52. The van der Waals surface area contributed by atoms with Gasteiger partial charge in [0.15, 0.2) is 0 Å². The second-order valence-corrected chi connectivity index (χ2v) is 5.54. The van der Waals surface area contributed by atoms with Gasteiger partial charge in [-0.15, -0.1) is 0 Å². The van der Waals surface area contributed by atoms with E-state index in [0.717, 1.165) is 22.8 Å². The molecule has 0 aliphatic carbocycles. The lowest BCUT2D eigenvalue weighted by Crippen LogP contribution is -2.34. The highest BCUT2D eigenvalue weighted by molar-refractivity contribution is 5.88. The van der Waals surface area contributed by atoms with Gasteiger partial charge < -0.3 is 10.4 Å². The number of rotatable bonds is 6. The van der Waals surface area contributed by atoms with Gasteiger partial charge in [-0.2, -0.15) is 0 Å². The van der Waals surface area contributed by atoms with E-state index in [0.29, 0.717) is 0 Å². The summed E-state index contributed by atoms with van der Waals surface area (Å²) >= 11 is 0. The van der Waals surface area contributed by atoms with Crippen LogP contribution in [0.1, 0.15) is 38.3 Å². The number of carboxylic acids is 1. The van der Waals surface area contributed by atoms with Gasteiger partial charge in [-0.1, -0.05) is 56.3 Å². The Kier molecular flexibility index (Phi) is 5.15. The van der Waals surface area contributed by atoms with Crippen LogP contribution in [0.5, 0.6) is 0 Å². The van der Waals surface area contributed by atoms with Crippen LogP contribution in [0.15, 0.2) is 42.5 Å². The van der Waals surface area contributed by atoms with Crippen molar-refractivity contribution in [2.75, 3.05) is 0 Å². The van der Waals surface area contributed by atoms with Crippen molar-refractivity contribution in [2.45, 2.75) is 32.7 Å². The third-order valence-electron chi connectivity index (χ3n) is 3.95. The topological polar surface area (TPSA) is 66.4 Å². The molecule has 116 valence electrons. The molecule has 0 aliphatic heterocycles. The van der Waals surface area contributed by atoms with Crippen LogP contribution in [0.2, 0.25) is 0 Å². The minimum absolute atomic E-state index is 0.110. The molecule has 4 heteroatoms. The molecule has 2 atom stereocenters. The van der Waals surface area contributed by atoms with E-state index in [4.69, 9.17) is 0 Å². The van der Waals surface area contributed by atoms with Crippen molar-refractivity contribution in [2.24, 2.45) is 5.92 Å². The normalized spacial score (nSPS) is 13.5. The Labute approximate surface area is 130 Å². The van der Waals surface area contributed by atoms with Gasteiger partial charge in [0.2, 0.25) is 5.91 Å². The van der Waals surface area contributed by atoms with Gasteiger partial charge in [-0.3, -0.25) is 9.59 Å². The Hall–Kier alpha value is -2.36. The minimum Gasteiger partial charge on any atom is -0.481 e. The summed E-state index contributed by atoms with van der Waals surface area (Å²) in [5.41, 5.74) is 0.845. The molecule has 2 rings (SSSR count). The molecule has 1 unspecified atom stereocenters. The minimum atomic E-state index is -0.928. The van der Waals surface area contributed by atoms with Gasteiger partial charge in [-0.25, -0.2) is 0 Å². The zero-order valence-corrected chi connectivity index (χ0v) is 12.9. The first kappa shape index (κ1) is 16.0. The van der Waals surface area contributed by atoms with Crippen molar-refractivity contribution < 1.29 is 14.7 Å². The molecule has 22 heavy (non-hydrogen) atoms. The summed E-state index contributed by atoms with van der Waals surface area (Å²) in [5, 5.41) is 14.1. The molecular formula is C18H21NO3. The van der Waals surface area contributed by atoms with Gasteiger partial charge in [0, 0.05) is 5.92 Å². The molecule has 2 N–H and O–H groups in total. The lowest BCUT2D eigenvalue weighted by Gasteiger charge is -2.21. The van der Waals surface area contributed by atoms with Gasteiger partial charge in [0.25, 0.3) is 0 Å². The molecule has 0 radical (unpaired) electrons. The van der Waals surface area contributed by atoms with E-state index in [9.17, 15) is 14.7 Å². The Bertz CT molecular complexity index is 676. The second-order valence-electron chi connectivity index (χ2n) is 5.54. The third-order valence-corrected chi connectivity index (χ3v) is 3.95. The Morgan fingerprint density at radius 3 is 2.50 bits per heavy atom. The number of amides is 1.